The second-order valence-electron chi connectivity index (χ2n) is 20.0. The Kier molecular flexibility index (Phi) is 8.38. The number of anilines is 6. The lowest BCUT2D eigenvalue weighted by Gasteiger charge is -2.43. The highest BCUT2D eigenvalue weighted by Gasteiger charge is 2.56. The molecule has 0 bridgehead atoms. The van der Waals surface area contributed by atoms with Gasteiger partial charge >= 0.3 is 0 Å². The summed E-state index contributed by atoms with van der Waals surface area (Å²) in [6.45, 7) is 9.12. The highest BCUT2D eigenvalue weighted by atomic mass is 32.1. The van der Waals surface area contributed by atoms with E-state index in [2.05, 4.69) is 250 Å². The van der Waals surface area contributed by atoms with Crippen molar-refractivity contribution < 1.29 is 0 Å². The van der Waals surface area contributed by atoms with Crippen molar-refractivity contribution in [3.63, 3.8) is 0 Å². The lowest BCUT2D eigenvalue weighted by Crippen LogP contribution is -2.60. The van der Waals surface area contributed by atoms with Gasteiger partial charge in [-0.1, -0.05) is 196 Å². The Hall–Kier alpha value is -7.66. The van der Waals surface area contributed by atoms with Crippen LogP contribution in [0.15, 0.2) is 212 Å². The molecule has 0 saturated carbocycles. The first-order valence-corrected chi connectivity index (χ1v) is 24.8. The fourth-order valence-corrected chi connectivity index (χ4v) is 13.9. The van der Waals surface area contributed by atoms with Crippen LogP contribution in [0.5, 0.6) is 0 Å². The SMILES string of the molecule is Cc1ccc(N2c3cc(-c4cc(C(C)(C)C)ccc4-c4ccccc4)ccc3B3c4sc5c(c4N(c4ccccc4)c4cccc2c43)-c2ccccc2C52c3ccccc3-c3ccccc32)cc1. The molecular formula is C64H47BN2S. The highest BCUT2D eigenvalue weighted by molar-refractivity contribution is 7.30. The fourth-order valence-electron chi connectivity index (χ4n) is 12.3. The number of nitrogens with zero attached hydrogens (tertiary/aromatic N) is 2. The van der Waals surface area contributed by atoms with Crippen molar-refractivity contribution in [1.82, 2.24) is 0 Å². The summed E-state index contributed by atoms with van der Waals surface area (Å²) in [6.07, 6.45) is 0. The Morgan fingerprint density at radius 1 is 0.456 bits per heavy atom. The van der Waals surface area contributed by atoms with Crippen LogP contribution in [-0.2, 0) is 10.8 Å². The van der Waals surface area contributed by atoms with Crippen molar-refractivity contribution in [2.45, 2.75) is 38.5 Å². The Morgan fingerprint density at radius 3 is 1.72 bits per heavy atom. The van der Waals surface area contributed by atoms with Crippen molar-refractivity contribution in [2.24, 2.45) is 0 Å². The number of para-hydroxylation sites is 1. The quantitative estimate of drug-likeness (QED) is 0.163. The topological polar surface area (TPSA) is 6.48 Å². The maximum atomic E-state index is 2.61. The molecule has 322 valence electrons. The second kappa shape index (κ2) is 14.4. The lowest BCUT2D eigenvalue weighted by molar-refractivity contribution is 0.590. The standard InChI is InChI=1S/C64H47BN2S/c1-40-30-34-45(35-31-40)66-55-28-17-29-56-59(55)65(54-37-32-42(38-57(54)66)50-39-43(63(2,3)4)33-36-46(50)41-18-7-5-8-19-41)62-60(67(56)44-20-9-6-10-21-44)58-49-24-13-16-27-53(49)64(61(58)68-62)51-25-14-11-22-47(51)48-23-12-15-26-52(48)64/h5-39H,1-4H3. The first kappa shape index (κ1) is 39.5. The van der Waals surface area contributed by atoms with Crippen LogP contribution >= 0.6 is 11.3 Å². The maximum absolute atomic E-state index is 2.61. The zero-order valence-electron chi connectivity index (χ0n) is 38.6. The van der Waals surface area contributed by atoms with Gasteiger partial charge in [0.05, 0.1) is 11.1 Å². The molecule has 10 aromatic rings. The Morgan fingerprint density at radius 2 is 1.04 bits per heavy atom. The Labute approximate surface area is 403 Å². The van der Waals surface area contributed by atoms with Crippen molar-refractivity contribution in [2.75, 3.05) is 9.80 Å². The third-order valence-corrected chi connectivity index (χ3v) is 16.7. The molecule has 4 aliphatic rings. The van der Waals surface area contributed by atoms with Crippen LogP contribution in [0.1, 0.15) is 53.5 Å². The molecule has 14 rings (SSSR count). The zero-order valence-corrected chi connectivity index (χ0v) is 39.4. The molecule has 2 aliphatic carbocycles. The smallest absolute Gasteiger partial charge is 0.264 e. The minimum Gasteiger partial charge on any atom is -0.311 e. The molecule has 68 heavy (non-hydrogen) atoms. The van der Waals surface area contributed by atoms with Gasteiger partial charge < -0.3 is 9.80 Å². The summed E-state index contributed by atoms with van der Waals surface area (Å²) < 4.78 is 1.40. The number of aryl methyl sites for hydroxylation is 1. The van der Waals surface area contributed by atoms with Crippen molar-refractivity contribution in [3.8, 4) is 44.5 Å². The molecule has 2 nitrogen and oxygen atoms in total. The number of fused-ring (bicyclic) bond motifs is 15. The molecule has 0 fully saturated rings. The molecule has 0 unspecified atom stereocenters. The number of benzene rings is 9. The molecule has 0 atom stereocenters. The van der Waals surface area contributed by atoms with Gasteiger partial charge in [0.15, 0.2) is 0 Å². The summed E-state index contributed by atoms with van der Waals surface area (Å²) >= 11 is 2.05. The van der Waals surface area contributed by atoms with Gasteiger partial charge in [-0.2, -0.15) is 0 Å². The lowest BCUT2D eigenvalue weighted by atomic mass is 9.36. The van der Waals surface area contributed by atoms with Crippen LogP contribution < -0.4 is 25.5 Å². The van der Waals surface area contributed by atoms with E-state index in [9.17, 15) is 0 Å². The van der Waals surface area contributed by atoms with Crippen molar-refractivity contribution in [3.05, 3.63) is 245 Å². The maximum Gasteiger partial charge on any atom is 0.264 e. The third-order valence-electron chi connectivity index (χ3n) is 15.3. The van der Waals surface area contributed by atoms with E-state index in [0.29, 0.717) is 0 Å². The largest absolute Gasteiger partial charge is 0.311 e. The summed E-state index contributed by atoms with van der Waals surface area (Å²) in [5.74, 6) is 0. The van der Waals surface area contributed by atoms with Crippen LogP contribution in [0, 0.1) is 6.92 Å². The van der Waals surface area contributed by atoms with E-state index in [4.69, 9.17) is 0 Å². The summed E-state index contributed by atoms with van der Waals surface area (Å²) in [4.78, 5) is 6.58. The van der Waals surface area contributed by atoms with Gasteiger partial charge in [0, 0.05) is 43.7 Å². The minimum atomic E-state index is -0.445. The molecule has 0 N–H and O–H groups in total. The van der Waals surface area contributed by atoms with Gasteiger partial charge in [-0.15, -0.1) is 11.3 Å². The van der Waals surface area contributed by atoms with Crippen LogP contribution in [0.25, 0.3) is 44.5 Å². The predicted octanol–water partition coefficient (Wildman–Crippen LogP) is 15.1. The molecule has 1 aromatic heterocycles. The van der Waals surface area contributed by atoms with Crippen LogP contribution in [0.3, 0.4) is 0 Å². The molecule has 3 heterocycles. The minimum absolute atomic E-state index is 0.0110. The molecular weight excluding hydrogens is 840 g/mol. The summed E-state index contributed by atoms with van der Waals surface area (Å²) in [5.41, 5.74) is 26.5. The van der Waals surface area contributed by atoms with E-state index in [-0.39, 0.29) is 12.1 Å². The Bertz CT molecular complexity index is 3650. The molecule has 1 spiro atoms. The molecule has 9 aromatic carbocycles. The van der Waals surface area contributed by atoms with E-state index < -0.39 is 5.41 Å². The Balaban J connectivity index is 1.09. The highest BCUT2D eigenvalue weighted by Crippen LogP contribution is 2.67. The van der Waals surface area contributed by atoms with Gasteiger partial charge in [0.2, 0.25) is 0 Å². The number of hydrogen-bond donors (Lipinski definition) is 0. The van der Waals surface area contributed by atoms with Crippen LogP contribution in [0.4, 0.5) is 34.1 Å². The van der Waals surface area contributed by atoms with Crippen LogP contribution in [-0.4, -0.2) is 6.71 Å². The first-order chi connectivity index (χ1) is 33.3. The summed E-state index contributed by atoms with van der Waals surface area (Å²) in [7, 11) is 0. The molecule has 0 saturated heterocycles. The number of rotatable bonds is 4. The zero-order chi connectivity index (χ0) is 45.5. The summed E-state index contributed by atoms with van der Waals surface area (Å²) in [6, 6.07) is 80.4. The van der Waals surface area contributed by atoms with Gasteiger partial charge in [-0.25, -0.2) is 0 Å². The van der Waals surface area contributed by atoms with Gasteiger partial charge in [-0.05, 0) is 127 Å². The van der Waals surface area contributed by atoms with Crippen LogP contribution in [0.2, 0.25) is 0 Å². The first-order valence-electron chi connectivity index (χ1n) is 24.0. The molecule has 4 heteroatoms. The molecule has 2 aliphatic heterocycles. The van der Waals surface area contributed by atoms with E-state index in [1.165, 1.54) is 121 Å². The van der Waals surface area contributed by atoms with Crippen molar-refractivity contribution >= 4 is 67.9 Å². The van der Waals surface area contributed by atoms with E-state index in [0.717, 1.165) is 5.69 Å². The second-order valence-corrected chi connectivity index (χ2v) is 21.1. The molecule has 0 radical (unpaired) electrons. The van der Waals surface area contributed by atoms with E-state index >= 15 is 0 Å². The average Bonchev–Trinajstić information content (AvgIpc) is 4.01. The van der Waals surface area contributed by atoms with Gasteiger partial charge in [-0.3, -0.25) is 0 Å². The van der Waals surface area contributed by atoms with E-state index in [1.54, 1.807) is 0 Å². The molecule has 0 amide bonds. The monoisotopic (exact) mass is 886 g/mol. The van der Waals surface area contributed by atoms with Gasteiger partial charge in [0.1, 0.15) is 0 Å². The van der Waals surface area contributed by atoms with E-state index in [1.807, 2.05) is 11.3 Å². The summed E-state index contributed by atoms with van der Waals surface area (Å²) in [5, 5.41) is 0. The average molecular weight is 887 g/mol. The normalized spacial score (nSPS) is 14.2. The number of hydrogen-bond acceptors (Lipinski definition) is 3. The number of thiophene rings is 1. The van der Waals surface area contributed by atoms with Crippen molar-refractivity contribution in [1.29, 1.82) is 0 Å². The third kappa shape index (κ3) is 5.35. The van der Waals surface area contributed by atoms with Gasteiger partial charge in [0.25, 0.3) is 6.71 Å². The fraction of sp³-hybridized carbons (Fsp3) is 0.0938. The predicted molar refractivity (Wildman–Crippen MR) is 289 cm³/mol.